The van der Waals surface area contributed by atoms with E-state index in [1.54, 1.807) is 34.7 Å². The highest BCUT2D eigenvalue weighted by Gasteiger charge is 2.31. The molecule has 0 radical (unpaired) electrons. The lowest BCUT2D eigenvalue weighted by atomic mass is 10.1. The molecule has 1 aliphatic rings. The number of carbonyl (C=O) groups is 1. The van der Waals surface area contributed by atoms with Gasteiger partial charge in [0.2, 0.25) is 5.82 Å². The molecule has 0 aliphatic carbocycles. The summed E-state index contributed by atoms with van der Waals surface area (Å²) in [6.07, 6.45) is 3.14. The SMILES string of the molecule is Cc1nc([C@H]2COCCN2C(=O)c2ncccn2)cs1. The first kappa shape index (κ1) is 13.1. The van der Waals surface area contributed by atoms with Crippen LogP contribution in [0.3, 0.4) is 0 Å². The van der Waals surface area contributed by atoms with Crippen LogP contribution < -0.4 is 0 Å². The van der Waals surface area contributed by atoms with E-state index in [2.05, 4.69) is 15.0 Å². The van der Waals surface area contributed by atoms with Gasteiger partial charge in [0.1, 0.15) is 0 Å². The van der Waals surface area contributed by atoms with Crippen LogP contribution in [-0.2, 0) is 4.74 Å². The van der Waals surface area contributed by atoms with Crippen LogP contribution in [0, 0.1) is 6.92 Å². The number of carbonyl (C=O) groups excluding carboxylic acids is 1. The number of rotatable bonds is 2. The zero-order chi connectivity index (χ0) is 13.9. The summed E-state index contributed by atoms with van der Waals surface area (Å²) in [5.74, 6) is 0.0379. The number of morpholine rings is 1. The van der Waals surface area contributed by atoms with E-state index in [-0.39, 0.29) is 17.8 Å². The maximum atomic E-state index is 12.5. The minimum absolute atomic E-state index is 0.162. The second-order valence-electron chi connectivity index (χ2n) is 4.45. The first-order valence-electron chi connectivity index (χ1n) is 6.33. The van der Waals surface area contributed by atoms with Gasteiger partial charge in [0, 0.05) is 24.3 Å². The Balaban J connectivity index is 1.87. The van der Waals surface area contributed by atoms with Crippen molar-refractivity contribution in [3.05, 3.63) is 40.4 Å². The van der Waals surface area contributed by atoms with Crippen molar-refractivity contribution < 1.29 is 9.53 Å². The average molecular weight is 290 g/mol. The van der Waals surface area contributed by atoms with Gasteiger partial charge in [-0.25, -0.2) is 15.0 Å². The van der Waals surface area contributed by atoms with Crippen molar-refractivity contribution >= 4 is 17.2 Å². The van der Waals surface area contributed by atoms with Gasteiger partial charge in [0.25, 0.3) is 5.91 Å². The first-order valence-corrected chi connectivity index (χ1v) is 7.21. The molecule has 0 spiro atoms. The fourth-order valence-electron chi connectivity index (χ4n) is 2.16. The molecule has 0 unspecified atom stereocenters. The number of ether oxygens (including phenoxy) is 1. The summed E-state index contributed by atoms with van der Waals surface area (Å²) in [7, 11) is 0. The molecule has 7 heteroatoms. The van der Waals surface area contributed by atoms with Crippen LogP contribution in [0.2, 0.25) is 0 Å². The molecule has 0 saturated carbocycles. The van der Waals surface area contributed by atoms with Gasteiger partial charge < -0.3 is 9.64 Å². The molecular formula is C13H14N4O2S. The maximum absolute atomic E-state index is 12.5. The lowest BCUT2D eigenvalue weighted by Gasteiger charge is -2.34. The molecule has 1 saturated heterocycles. The summed E-state index contributed by atoms with van der Waals surface area (Å²) >= 11 is 1.57. The molecule has 1 atom stereocenters. The van der Waals surface area contributed by atoms with Gasteiger partial charge in [-0.1, -0.05) is 0 Å². The van der Waals surface area contributed by atoms with Crippen LogP contribution in [0.5, 0.6) is 0 Å². The Morgan fingerprint density at radius 2 is 2.25 bits per heavy atom. The second-order valence-corrected chi connectivity index (χ2v) is 5.52. The molecule has 0 N–H and O–H groups in total. The van der Waals surface area contributed by atoms with E-state index in [0.717, 1.165) is 10.7 Å². The van der Waals surface area contributed by atoms with Crippen molar-refractivity contribution in [1.82, 2.24) is 19.9 Å². The number of nitrogens with zero attached hydrogens (tertiary/aromatic N) is 4. The molecule has 6 nitrogen and oxygen atoms in total. The lowest BCUT2D eigenvalue weighted by molar-refractivity contribution is -0.00440. The number of thiazole rings is 1. The Hall–Kier alpha value is -1.86. The minimum Gasteiger partial charge on any atom is -0.377 e. The molecule has 1 amide bonds. The van der Waals surface area contributed by atoms with Crippen LogP contribution in [-0.4, -0.2) is 45.5 Å². The number of hydrogen-bond acceptors (Lipinski definition) is 6. The van der Waals surface area contributed by atoms with Crippen molar-refractivity contribution in [2.24, 2.45) is 0 Å². The van der Waals surface area contributed by atoms with E-state index in [9.17, 15) is 4.79 Å². The third-order valence-electron chi connectivity index (χ3n) is 3.12. The van der Waals surface area contributed by atoms with E-state index in [1.165, 1.54) is 0 Å². The van der Waals surface area contributed by atoms with Crippen LogP contribution in [0.4, 0.5) is 0 Å². The van der Waals surface area contributed by atoms with Gasteiger partial charge in [0.15, 0.2) is 0 Å². The van der Waals surface area contributed by atoms with E-state index >= 15 is 0 Å². The largest absolute Gasteiger partial charge is 0.377 e. The smallest absolute Gasteiger partial charge is 0.292 e. The number of amides is 1. The molecular weight excluding hydrogens is 276 g/mol. The summed E-state index contributed by atoms with van der Waals surface area (Å²) in [4.78, 5) is 26.8. The highest BCUT2D eigenvalue weighted by molar-refractivity contribution is 7.09. The van der Waals surface area contributed by atoms with Crippen molar-refractivity contribution in [2.75, 3.05) is 19.8 Å². The average Bonchev–Trinajstić information content (AvgIpc) is 2.94. The van der Waals surface area contributed by atoms with Crippen molar-refractivity contribution in [3.8, 4) is 0 Å². The van der Waals surface area contributed by atoms with Gasteiger partial charge in [-0.3, -0.25) is 4.79 Å². The Kier molecular flexibility index (Phi) is 3.70. The van der Waals surface area contributed by atoms with Crippen molar-refractivity contribution in [1.29, 1.82) is 0 Å². The summed E-state index contributed by atoms with van der Waals surface area (Å²) in [6, 6.07) is 1.53. The standard InChI is InChI=1S/C13H14N4O2S/c1-9-16-10(8-20-9)11-7-19-6-5-17(11)13(18)12-14-3-2-4-15-12/h2-4,8,11H,5-7H2,1H3/t11-/m1/s1. The molecule has 0 bridgehead atoms. The first-order chi connectivity index (χ1) is 9.75. The zero-order valence-corrected chi connectivity index (χ0v) is 11.8. The van der Waals surface area contributed by atoms with Crippen LogP contribution in [0.25, 0.3) is 0 Å². The van der Waals surface area contributed by atoms with Gasteiger partial charge in [-0.2, -0.15) is 0 Å². The fraction of sp³-hybridized carbons (Fsp3) is 0.385. The minimum atomic E-state index is -0.176. The van der Waals surface area contributed by atoms with Crippen molar-refractivity contribution in [3.63, 3.8) is 0 Å². The maximum Gasteiger partial charge on any atom is 0.292 e. The van der Waals surface area contributed by atoms with E-state index in [0.29, 0.717) is 19.8 Å². The second kappa shape index (κ2) is 5.64. The van der Waals surface area contributed by atoms with Crippen LogP contribution >= 0.6 is 11.3 Å². The number of aryl methyl sites for hydroxylation is 1. The lowest BCUT2D eigenvalue weighted by Crippen LogP contribution is -2.44. The topological polar surface area (TPSA) is 68.2 Å². The predicted molar refractivity (Wildman–Crippen MR) is 73.5 cm³/mol. The zero-order valence-electron chi connectivity index (χ0n) is 11.0. The molecule has 2 aromatic heterocycles. The molecule has 20 heavy (non-hydrogen) atoms. The Morgan fingerprint density at radius 1 is 1.45 bits per heavy atom. The predicted octanol–water partition coefficient (Wildman–Crippen LogP) is 1.46. The Labute approximate surface area is 120 Å². The molecule has 0 aromatic carbocycles. The molecule has 104 valence electrons. The monoisotopic (exact) mass is 290 g/mol. The summed E-state index contributed by atoms with van der Waals surface area (Å²) in [6.45, 7) is 3.46. The highest BCUT2D eigenvalue weighted by Crippen LogP contribution is 2.26. The Morgan fingerprint density at radius 3 is 2.95 bits per heavy atom. The highest BCUT2D eigenvalue weighted by atomic mass is 32.1. The third-order valence-corrected chi connectivity index (χ3v) is 3.92. The van der Waals surface area contributed by atoms with Crippen molar-refractivity contribution in [2.45, 2.75) is 13.0 Å². The normalized spacial score (nSPS) is 19.1. The fourth-order valence-corrected chi connectivity index (χ4v) is 2.82. The van der Waals surface area contributed by atoms with E-state index < -0.39 is 0 Å². The molecule has 1 fully saturated rings. The Bertz CT molecular complexity index is 601. The molecule has 3 rings (SSSR count). The quantitative estimate of drug-likeness (QED) is 0.837. The van der Waals surface area contributed by atoms with Crippen LogP contribution in [0.15, 0.2) is 23.8 Å². The van der Waals surface area contributed by atoms with Gasteiger partial charge in [0.05, 0.1) is 30.0 Å². The van der Waals surface area contributed by atoms with Gasteiger partial charge >= 0.3 is 0 Å². The molecule has 3 heterocycles. The van der Waals surface area contributed by atoms with Gasteiger partial charge in [-0.05, 0) is 13.0 Å². The van der Waals surface area contributed by atoms with E-state index in [1.807, 2.05) is 12.3 Å². The number of aromatic nitrogens is 3. The summed E-state index contributed by atoms with van der Waals surface area (Å²) < 4.78 is 5.49. The van der Waals surface area contributed by atoms with E-state index in [4.69, 9.17) is 4.74 Å². The summed E-state index contributed by atoms with van der Waals surface area (Å²) in [5, 5.41) is 2.95. The molecule has 2 aromatic rings. The summed E-state index contributed by atoms with van der Waals surface area (Å²) in [5.41, 5.74) is 0.872. The number of hydrogen-bond donors (Lipinski definition) is 0. The molecule has 1 aliphatic heterocycles. The van der Waals surface area contributed by atoms with Gasteiger partial charge in [-0.15, -0.1) is 11.3 Å². The van der Waals surface area contributed by atoms with Crippen LogP contribution in [0.1, 0.15) is 27.4 Å². The third kappa shape index (κ3) is 2.54.